The third-order valence-corrected chi connectivity index (χ3v) is 2.98. The van der Waals surface area contributed by atoms with Crippen molar-refractivity contribution in [3.05, 3.63) is 29.3 Å². The lowest BCUT2D eigenvalue weighted by Gasteiger charge is -2.17. The summed E-state index contributed by atoms with van der Waals surface area (Å²) in [5.41, 5.74) is 1.04. The minimum absolute atomic E-state index is 0.235. The topological polar surface area (TPSA) is 40.5 Å². The van der Waals surface area contributed by atoms with Crippen LogP contribution >= 0.6 is 11.6 Å². The van der Waals surface area contributed by atoms with Crippen LogP contribution in [0.4, 0.5) is 5.69 Å². The molecular weight excluding hydrogens is 214 g/mol. The van der Waals surface area contributed by atoms with E-state index in [4.69, 9.17) is 16.7 Å². The average molecular weight is 226 g/mol. The molecule has 1 heterocycles. The Kier molecular flexibility index (Phi) is 2.82. The zero-order chi connectivity index (χ0) is 10.8. The molecule has 0 spiro atoms. The van der Waals surface area contributed by atoms with E-state index in [1.165, 1.54) is 0 Å². The first-order chi connectivity index (χ1) is 7.16. The number of benzene rings is 1. The summed E-state index contributed by atoms with van der Waals surface area (Å²) in [4.78, 5) is 12.9. The molecule has 4 heteroatoms. The Hall–Kier alpha value is -1.22. The van der Waals surface area contributed by atoms with E-state index >= 15 is 0 Å². The molecule has 3 nitrogen and oxygen atoms in total. The number of carboxylic acid groups (broad SMARTS) is 1. The van der Waals surface area contributed by atoms with Gasteiger partial charge in [-0.1, -0.05) is 11.6 Å². The number of carbonyl (C=O) groups is 1. The number of halogens is 1. The first kappa shape index (κ1) is 10.3. The molecule has 1 N–H and O–H groups in total. The van der Waals surface area contributed by atoms with Gasteiger partial charge in [-0.05, 0) is 30.7 Å². The molecule has 2 rings (SSSR count). The predicted octanol–water partition coefficient (Wildman–Crippen LogP) is 2.25. The molecule has 0 amide bonds. The lowest BCUT2D eigenvalue weighted by molar-refractivity contribution is -0.140. The molecule has 0 unspecified atom stereocenters. The molecule has 1 atom stereocenters. The van der Waals surface area contributed by atoms with Crippen molar-refractivity contribution in [1.29, 1.82) is 0 Å². The number of carboxylic acids is 1. The second-order valence-corrected chi connectivity index (χ2v) is 4.18. The maximum Gasteiger partial charge on any atom is 0.308 e. The van der Waals surface area contributed by atoms with Crippen molar-refractivity contribution in [1.82, 2.24) is 0 Å². The van der Waals surface area contributed by atoms with Crippen LogP contribution in [-0.4, -0.2) is 24.2 Å². The van der Waals surface area contributed by atoms with Crippen LogP contribution in [0.5, 0.6) is 0 Å². The lowest BCUT2D eigenvalue weighted by Crippen LogP contribution is -2.22. The van der Waals surface area contributed by atoms with Crippen LogP contribution in [0.2, 0.25) is 5.02 Å². The molecule has 1 aliphatic rings. The van der Waals surface area contributed by atoms with Crippen molar-refractivity contribution >= 4 is 23.3 Å². The Labute approximate surface area is 93.3 Å². The maximum absolute atomic E-state index is 10.8. The zero-order valence-electron chi connectivity index (χ0n) is 8.19. The highest BCUT2D eigenvalue weighted by atomic mass is 35.5. The molecule has 1 aromatic carbocycles. The first-order valence-electron chi connectivity index (χ1n) is 4.90. The third-order valence-electron chi connectivity index (χ3n) is 2.73. The average Bonchev–Trinajstić information content (AvgIpc) is 2.68. The normalized spacial score (nSPS) is 20.6. The summed E-state index contributed by atoms with van der Waals surface area (Å²) < 4.78 is 0. The summed E-state index contributed by atoms with van der Waals surface area (Å²) in [6, 6.07) is 7.50. The fourth-order valence-electron chi connectivity index (χ4n) is 1.85. The minimum Gasteiger partial charge on any atom is -0.481 e. The molecule has 0 radical (unpaired) electrons. The van der Waals surface area contributed by atoms with Gasteiger partial charge in [-0.3, -0.25) is 4.79 Å². The molecule has 15 heavy (non-hydrogen) atoms. The molecule has 1 aromatic rings. The number of hydrogen-bond donors (Lipinski definition) is 1. The highest BCUT2D eigenvalue weighted by molar-refractivity contribution is 6.30. The van der Waals surface area contributed by atoms with E-state index in [2.05, 4.69) is 4.90 Å². The maximum atomic E-state index is 10.8. The summed E-state index contributed by atoms with van der Waals surface area (Å²) in [5, 5.41) is 9.58. The van der Waals surface area contributed by atoms with E-state index < -0.39 is 5.97 Å². The van der Waals surface area contributed by atoms with E-state index in [9.17, 15) is 4.79 Å². The molecule has 0 bridgehead atoms. The molecule has 80 valence electrons. The number of rotatable bonds is 2. The van der Waals surface area contributed by atoms with E-state index in [-0.39, 0.29) is 5.92 Å². The van der Waals surface area contributed by atoms with Crippen LogP contribution < -0.4 is 4.90 Å². The largest absolute Gasteiger partial charge is 0.481 e. The summed E-state index contributed by atoms with van der Waals surface area (Å²) in [5.74, 6) is -0.938. The lowest BCUT2D eigenvalue weighted by atomic mass is 10.1. The van der Waals surface area contributed by atoms with Crippen LogP contribution in [0, 0.1) is 5.92 Å². The summed E-state index contributed by atoms with van der Waals surface area (Å²) in [6.45, 7) is 1.40. The van der Waals surface area contributed by atoms with Gasteiger partial charge in [-0.25, -0.2) is 0 Å². The van der Waals surface area contributed by atoms with Crippen molar-refractivity contribution in [2.75, 3.05) is 18.0 Å². The van der Waals surface area contributed by atoms with E-state index in [1.54, 1.807) is 0 Å². The SMILES string of the molecule is O=C(O)[C@H]1CCN(c2ccc(Cl)cc2)C1. The van der Waals surface area contributed by atoms with Gasteiger partial charge in [0.05, 0.1) is 5.92 Å². The third kappa shape index (κ3) is 2.23. The predicted molar refractivity (Wildman–Crippen MR) is 59.4 cm³/mol. The van der Waals surface area contributed by atoms with E-state index in [1.807, 2.05) is 24.3 Å². The molecule has 1 aliphatic heterocycles. The van der Waals surface area contributed by atoms with Crippen molar-refractivity contribution in [3.63, 3.8) is 0 Å². The Morgan fingerprint density at radius 1 is 1.40 bits per heavy atom. The number of anilines is 1. The van der Waals surface area contributed by atoms with Gasteiger partial charge in [-0.15, -0.1) is 0 Å². The van der Waals surface area contributed by atoms with Gasteiger partial charge in [0, 0.05) is 23.8 Å². The fraction of sp³-hybridized carbons (Fsp3) is 0.364. The summed E-state index contributed by atoms with van der Waals surface area (Å²) >= 11 is 5.78. The fourth-order valence-corrected chi connectivity index (χ4v) is 1.97. The number of aliphatic carboxylic acids is 1. The quantitative estimate of drug-likeness (QED) is 0.839. The second-order valence-electron chi connectivity index (χ2n) is 3.75. The number of nitrogens with zero attached hydrogens (tertiary/aromatic N) is 1. The van der Waals surface area contributed by atoms with Crippen LogP contribution in [0.3, 0.4) is 0 Å². The van der Waals surface area contributed by atoms with Crippen LogP contribution in [0.1, 0.15) is 6.42 Å². The van der Waals surface area contributed by atoms with Gasteiger partial charge in [0.15, 0.2) is 0 Å². The Balaban J connectivity index is 2.07. The Morgan fingerprint density at radius 3 is 2.60 bits per heavy atom. The second kappa shape index (κ2) is 4.11. The molecule has 0 saturated carbocycles. The monoisotopic (exact) mass is 225 g/mol. The van der Waals surface area contributed by atoms with Gasteiger partial charge in [0.2, 0.25) is 0 Å². The molecule has 0 aromatic heterocycles. The van der Waals surface area contributed by atoms with Crippen LogP contribution in [-0.2, 0) is 4.79 Å². The first-order valence-corrected chi connectivity index (χ1v) is 5.28. The highest BCUT2D eigenvalue weighted by Gasteiger charge is 2.27. The molecule has 1 saturated heterocycles. The smallest absolute Gasteiger partial charge is 0.308 e. The molecule has 1 fully saturated rings. The van der Waals surface area contributed by atoms with Crippen molar-refractivity contribution < 1.29 is 9.90 Å². The summed E-state index contributed by atoms with van der Waals surface area (Å²) in [6.07, 6.45) is 0.720. The van der Waals surface area contributed by atoms with Gasteiger partial charge in [0.25, 0.3) is 0 Å². The Bertz CT molecular complexity index is 363. The van der Waals surface area contributed by atoms with Crippen molar-refractivity contribution in [3.8, 4) is 0 Å². The standard InChI is InChI=1S/C11H12ClNO2/c12-9-1-3-10(4-2-9)13-6-5-8(7-13)11(14)15/h1-4,8H,5-7H2,(H,14,15)/t8-/m0/s1. The van der Waals surface area contributed by atoms with Crippen molar-refractivity contribution in [2.45, 2.75) is 6.42 Å². The molecule has 0 aliphatic carbocycles. The van der Waals surface area contributed by atoms with Crippen molar-refractivity contribution in [2.24, 2.45) is 5.92 Å². The van der Waals surface area contributed by atoms with E-state index in [0.29, 0.717) is 11.6 Å². The van der Waals surface area contributed by atoms with Gasteiger partial charge in [-0.2, -0.15) is 0 Å². The minimum atomic E-state index is -0.702. The molecular formula is C11H12ClNO2. The summed E-state index contributed by atoms with van der Waals surface area (Å²) in [7, 11) is 0. The number of hydrogen-bond acceptors (Lipinski definition) is 2. The zero-order valence-corrected chi connectivity index (χ0v) is 8.94. The van der Waals surface area contributed by atoms with Gasteiger partial charge >= 0.3 is 5.97 Å². The Morgan fingerprint density at radius 2 is 2.07 bits per heavy atom. The van der Waals surface area contributed by atoms with E-state index in [0.717, 1.165) is 18.7 Å². The van der Waals surface area contributed by atoms with Crippen LogP contribution in [0.25, 0.3) is 0 Å². The van der Waals surface area contributed by atoms with Gasteiger partial charge < -0.3 is 10.0 Å². The highest BCUT2D eigenvalue weighted by Crippen LogP contribution is 2.25. The van der Waals surface area contributed by atoms with Crippen LogP contribution in [0.15, 0.2) is 24.3 Å². The van der Waals surface area contributed by atoms with Gasteiger partial charge in [0.1, 0.15) is 0 Å².